The van der Waals surface area contributed by atoms with Gasteiger partial charge in [-0.1, -0.05) is 30.3 Å². The van der Waals surface area contributed by atoms with Crippen LogP contribution >= 0.6 is 0 Å². The molecule has 24 heavy (non-hydrogen) atoms. The van der Waals surface area contributed by atoms with Gasteiger partial charge >= 0.3 is 0 Å². The number of fused-ring (bicyclic) bond motifs is 2. The summed E-state index contributed by atoms with van der Waals surface area (Å²) in [6.07, 6.45) is 4.59. The highest BCUT2D eigenvalue weighted by molar-refractivity contribution is 5.96. The minimum atomic E-state index is -0.275. The highest BCUT2D eigenvalue weighted by Crippen LogP contribution is 2.26. The fourth-order valence-electron chi connectivity index (χ4n) is 3.30. The van der Waals surface area contributed by atoms with Gasteiger partial charge in [0.05, 0.1) is 0 Å². The van der Waals surface area contributed by atoms with E-state index in [0.717, 1.165) is 24.8 Å². The number of carbonyl (C=O) groups is 1. The Labute approximate surface area is 139 Å². The van der Waals surface area contributed by atoms with Gasteiger partial charge in [0.2, 0.25) is 5.43 Å². The molecule has 6 heteroatoms. The topological polar surface area (TPSA) is 63.6 Å². The number of amides is 1. The lowest BCUT2D eigenvalue weighted by Crippen LogP contribution is -2.55. The van der Waals surface area contributed by atoms with E-state index in [-0.39, 0.29) is 35.6 Å². The summed E-state index contributed by atoms with van der Waals surface area (Å²) in [5.41, 5.74) is 4.26. The summed E-state index contributed by atoms with van der Waals surface area (Å²) in [5, 5.41) is 0. The Bertz CT molecular complexity index is 816. The van der Waals surface area contributed by atoms with E-state index in [0.29, 0.717) is 6.54 Å². The lowest BCUT2D eigenvalue weighted by molar-refractivity contribution is 0.0566. The van der Waals surface area contributed by atoms with Crippen LogP contribution < -0.4 is 15.6 Å². The van der Waals surface area contributed by atoms with Gasteiger partial charge in [-0.2, -0.15) is 0 Å². The molecule has 1 unspecified atom stereocenters. The minimum absolute atomic E-state index is 0.0109. The highest BCUT2D eigenvalue weighted by Gasteiger charge is 2.36. The summed E-state index contributed by atoms with van der Waals surface area (Å²) in [6.45, 7) is 0.960. The van der Waals surface area contributed by atoms with E-state index in [2.05, 4.69) is 5.43 Å². The number of pyridine rings is 1. The first-order chi connectivity index (χ1) is 11.7. The average Bonchev–Trinajstić information content (AvgIpc) is 2.62. The van der Waals surface area contributed by atoms with Crippen LogP contribution in [0.1, 0.15) is 35.3 Å². The number of ether oxygens (including phenoxy) is 1. The fourth-order valence-corrected chi connectivity index (χ4v) is 3.30. The first-order valence-electron chi connectivity index (χ1n) is 8.24. The third-order valence-corrected chi connectivity index (χ3v) is 4.54. The van der Waals surface area contributed by atoms with Crippen LogP contribution in [0.25, 0.3) is 0 Å². The second-order valence-corrected chi connectivity index (χ2v) is 6.14. The number of nitrogens with zero attached hydrogens (tertiary/aromatic N) is 2. The van der Waals surface area contributed by atoms with Crippen LogP contribution in [0.4, 0.5) is 0 Å². The predicted octanol–water partition coefficient (Wildman–Crippen LogP) is 1.94. The van der Waals surface area contributed by atoms with Crippen molar-refractivity contribution in [3.63, 3.8) is 0 Å². The van der Waals surface area contributed by atoms with Crippen molar-refractivity contribution in [1.82, 2.24) is 9.58 Å². The van der Waals surface area contributed by atoms with Crippen LogP contribution in [0.15, 0.2) is 47.4 Å². The monoisotopic (exact) mass is 325 g/mol. The highest BCUT2D eigenvalue weighted by atomic mass is 16.5. The normalized spacial score (nSPS) is 19.2. The molecule has 4 rings (SSSR count). The molecule has 1 N–H and O–H groups in total. The summed E-state index contributed by atoms with van der Waals surface area (Å²) in [6, 6.07) is 11.0. The summed E-state index contributed by atoms with van der Waals surface area (Å²) in [4.78, 5) is 27.0. The molecule has 1 saturated heterocycles. The Morgan fingerprint density at radius 1 is 1.12 bits per heavy atom. The molecule has 0 saturated carbocycles. The molecular weight excluding hydrogens is 306 g/mol. The van der Waals surface area contributed by atoms with Gasteiger partial charge in [0, 0.05) is 18.8 Å². The van der Waals surface area contributed by atoms with E-state index >= 15 is 0 Å². The van der Waals surface area contributed by atoms with Crippen molar-refractivity contribution >= 4 is 5.91 Å². The van der Waals surface area contributed by atoms with Gasteiger partial charge in [-0.15, -0.1) is 0 Å². The second kappa shape index (κ2) is 6.03. The molecule has 0 spiro atoms. The molecule has 0 aliphatic carbocycles. The second-order valence-electron chi connectivity index (χ2n) is 6.14. The molecule has 2 aliphatic heterocycles. The summed E-state index contributed by atoms with van der Waals surface area (Å²) >= 11 is 0. The molecule has 1 atom stereocenters. The van der Waals surface area contributed by atoms with Crippen LogP contribution in [0.3, 0.4) is 0 Å². The molecule has 6 nitrogen and oxygen atoms in total. The Balaban J connectivity index is 1.68. The minimum Gasteiger partial charge on any atom is -0.482 e. The van der Waals surface area contributed by atoms with Crippen molar-refractivity contribution < 1.29 is 9.53 Å². The lowest BCUT2D eigenvalue weighted by Gasteiger charge is -2.41. The standard InChI is InChI=1S/C18H19N3O3/c22-14-9-11-21-16(17(14)24-12-13-6-2-1-3-7-13)18(23)20-10-5-4-8-15(20)19-21/h1-3,6-7,9,11,15,19H,4-5,8,10,12H2. The number of hydrogen-bond donors (Lipinski definition) is 1. The third kappa shape index (κ3) is 2.54. The van der Waals surface area contributed by atoms with Crippen LogP contribution in [-0.2, 0) is 6.61 Å². The quantitative estimate of drug-likeness (QED) is 0.937. The van der Waals surface area contributed by atoms with Gasteiger partial charge in [-0.3, -0.25) is 14.3 Å². The number of rotatable bonds is 3. The largest absolute Gasteiger partial charge is 0.482 e. The first-order valence-corrected chi connectivity index (χ1v) is 8.24. The lowest BCUT2D eigenvalue weighted by atomic mass is 10.1. The van der Waals surface area contributed by atoms with Crippen LogP contribution in [0.5, 0.6) is 5.75 Å². The number of aromatic nitrogens is 1. The van der Waals surface area contributed by atoms with Crippen LogP contribution in [0.2, 0.25) is 0 Å². The van der Waals surface area contributed by atoms with Crippen molar-refractivity contribution in [2.45, 2.75) is 32.0 Å². The Hall–Kier alpha value is -2.76. The van der Waals surface area contributed by atoms with Crippen molar-refractivity contribution in [1.29, 1.82) is 0 Å². The molecule has 1 aromatic heterocycles. The Morgan fingerprint density at radius 3 is 2.79 bits per heavy atom. The molecule has 2 aromatic rings. The van der Waals surface area contributed by atoms with E-state index in [1.165, 1.54) is 6.07 Å². The van der Waals surface area contributed by atoms with Gasteiger partial charge < -0.3 is 15.1 Å². The molecule has 0 radical (unpaired) electrons. The molecule has 1 amide bonds. The van der Waals surface area contributed by atoms with E-state index < -0.39 is 0 Å². The molecule has 1 aromatic carbocycles. The van der Waals surface area contributed by atoms with E-state index in [9.17, 15) is 9.59 Å². The van der Waals surface area contributed by atoms with Crippen molar-refractivity contribution in [2.75, 3.05) is 12.0 Å². The number of carbonyl (C=O) groups excluding carboxylic acids is 1. The number of hydrogen-bond acceptors (Lipinski definition) is 4. The molecular formula is C18H19N3O3. The molecule has 0 bridgehead atoms. The van der Waals surface area contributed by atoms with Crippen molar-refractivity contribution in [3.05, 3.63) is 64.1 Å². The van der Waals surface area contributed by atoms with E-state index in [4.69, 9.17) is 4.74 Å². The number of piperidine rings is 1. The number of benzene rings is 1. The van der Waals surface area contributed by atoms with Crippen LogP contribution in [0, 0.1) is 0 Å². The maximum absolute atomic E-state index is 12.9. The predicted molar refractivity (Wildman–Crippen MR) is 89.5 cm³/mol. The average molecular weight is 325 g/mol. The van der Waals surface area contributed by atoms with Gasteiger partial charge in [0.15, 0.2) is 11.4 Å². The summed E-state index contributed by atoms with van der Waals surface area (Å²) in [7, 11) is 0. The van der Waals surface area contributed by atoms with Gasteiger partial charge in [-0.05, 0) is 24.8 Å². The molecule has 3 heterocycles. The van der Waals surface area contributed by atoms with Crippen LogP contribution in [-0.4, -0.2) is 28.2 Å². The summed E-state index contributed by atoms with van der Waals surface area (Å²) < 4.78 is 7.39. The zero-order valence-corrected chi connectivity index (χ0v) is 13.3. The first kappa shape index (κ1) is 14.8. The van der Waals surface area contributed by atoms with E-state index in [1.807, 2.05) is 30.3 Å². The van der Waals surface area contributed by atoms with Gasteiger partial charge in [0.1, 0.15) is 12.8 Å². The molecule has 2 aliphatic rings. The molecule has 124 valence electrons. The maximum Gasteiger partial charge on any atom is 0.278 e. The van der Waals surface area contributed by atoms with Gasteiger partial charge in [0.25, 0.3) is 5.91 Å². The van der Waals surface area contributed by atoms with Crippen molar-refractivity contribution in [3.8, 4) is 5.75 Å². The Kier molecular flexibility index (Phi) is 3.72. The third-order valence-electron chi connectivity index (χ3n) is 4.54. The maximum atomic E-state index is 12.9. The smallest absolute Gasteiger partial charge is 0.278 e. The zero-order valence-electron chi connectivity index (χ0n) is 13.3. The van der Waals surface area contributed by atoms with Crippen molar-refractivity contribution in [2.24, 2.45) is 0 Å². The Morgan fingerprint density at radius 2 is 1.96 bits per heavy atom. The fraction of sp³-hybridized carbons (Fsp3) is 0.333. The van der Waals surface area contributed by atoms with Gasteiger partial charge in [-0.25, -0.2) is 0 Å². The molecule has 1 fully saturated rings. The number of nitrogens with one attached hydrogen (secondary N) is 1. The zero-order chi connectivity index (χ0) is 16.5. The summed E-state index contributed by atoms with van der Waals surface area (Å²) in [5.74, 6) is -0.0258. The SMILES string of the molecule is O=C1c2c(OCc3ccccc3)c(=O)ccn2NC2CCCCN12. The van der Waals surface area contributed by atoms with E-state index in [1.54, 1.807) is 15.8 Å².